The van der Waals surface area contributed by atoms with Crippen molar-refractivity contribution in [2.45, 2.75) is 0 Å². The fraction of sp³-hybridized carbons (Fsp3) is 0. The number of hydrogen-bond acceptors (Lipinski definition) is 2. The van der Waals surface area contributed by atoms with Gasteiger partial charge in [-0.25, -0.2) is 0 Å². The van der Waals surface area contributed by atoms with E-state index in [1.165, 1.54) is 38.1 Å². The summed E-state index contributed by atoms with van der Waals surface area (Å²) in [4.78, 5) is 2.39. The van der Waals surface area contributed by atoms with Crippen molar-refractivity contribution in [2.24, 2.45) is 0 Å². The number of anilines is 3. The number of hydrogen-bond donors (Lipinski definition) is 0. The van der Waals surface area contributed by atoms with Crippen molar-refractivity contribution in [3.05, 3.63) is 231 Å². The third-order valence-corrected chi connectivity index (χ3v) is 12.2. The van der Waals surface area contributed by atoms with E-state index in [4.69, 9.17) is 4.42 Å². The maximum Gasteiger partial charge on any atom is 0.143 e. The number of furan rings is 1. The first-order valence-electron chi connectivity index (χ1n) is 20.8. The molecule has 0 saturated carbocycles. The highest BCUT2D eigenvalue weighted by Gasteiger charge is 2.21. The summed E-state index contributed by atoms with van der Waals surface area (Å²) in [5, 5.41) is 7.19. The van der Waals surface area contributed by atoms with Gasteiger partial charge in [-0.05, 0) is 105 Å². The molecule has 0 unspecified atom stereocenters. The van der Waals surface area contributed by atoms with Crippen molar-refractivity contribution in [2.75, 3.05) is 4.90 Å². The summed E-state index contributed by atoms with van der Waals surface area (Å²) in [6.45, 7) is 0. The number of rotatable bonds is 7. The van der Waals surface area contributed by atoms with E-state index in [2.05, 4.69) is 234 Å². The van der Waals surface area contributed by atoms with Crippen LogP contribution >= 0.6 is 0 Å². The SMILES string of the molecule is c1ccc(-c2ccc(N(c3ccc(-n4c5ccccc5c5ccccc54)cc3)c3cccc(-c4cccc5ccccc45)c3)cc2-c2cccc3c2oc2ccccc23)cc1. The molecule has 0 N–H and O–H groups in total. The predicted octanol–water partition coefficient (Wildman–Crippen LogP) is 16.3. The van der Waals surface area contributed by atoms with Gasteiger partial charge in [0.2, 0.25) is 0 Å². The second kappa shape index (κ2) is 14.3. The molecule has 3 heteroatoms. The van der Waals surface area contributed by atoms with Gasteiger partial charge in [-0.2, -0.15) is 0 Å². The van der Waals surface area contributed by atoms with E-state index in [-0.39, 0.29) is 0 Å². The predicted molar refractivity (Wildman–Crippen MR) is 257 cm³/mol. The molecule has 0 saturated heterocycles. The van der Waals surface area contributed by atoms with E-state index in [0.29, 0.717) is 0 Å². The maximum atomic E-state index is 6.69. The lowest BCUT2D eigenvalue weighted by atomic mass is 9.92. The molecular weight excluding hydrogens is 741 g/mol. The van der Waals surface area contributed by atoms with Gasteiger partial charge in [0.15, 0.2) is 0 Å². The Kier molecular flexibility index (Phi) is 8.17. The zero-order chi connectivity index (χ0) is 40.3. The van der Waals surface area contributed by atoms with Crippen molar-refractivity contribution in [3.8, 4) is 39.1 Å². The molecule has 61 heavy (non-hydrogen) atoms. The lowest BCUT2D eigenvalue weighted by Crippen LogP contribution is -2.10. The average Bonchev–Trinajstić information content (AvgIpc) is 3.88. The zero-order valence-corrected chi connectivity index (χ0v) is 33.2. The van der Waals surface area contributed by atoms with Crippen LogP contribution in [0.25, 0.3) is 93.6 Å². The van der Waals surface area contributed by atoms with Crippen molar-refractivity contribution in [1.82, 2.24) is 4.57 Å². The van der Waals surface area contributed by atoms with E-state index < -0.39 is 0 Å². The Morgan fingerprint density at radius 2 is 0.902 bits per heavy atom. The molecule has 2 heterocycles. The Morgan fingerprint density at radius 3 is 1.70 bits per heavy atom. The molecule has 10 aromatic carbocycles. The molecule has 286 valence electrons. The van der Waals surface area contributed by atoms with Crippen LogP contribution in [0.2, 0.25) is 0 Å². The Balaban J connectivity index is 1.08. The van der Waals surface area contributed by atoms with Gasteiger partial charge >= 0.3 is 0 Å². The van der Waals surface area contributed by atoms with Crippen LogP contribution in [0.15, 0.2) is 235 Å². The van der Waals surface area contributed by atoms with E-state index in [1.54, 1.807) is 0 Å². The minimum Gasteiger partial charge on any atom is -0.455 e. The van der Waals surface area contributed by atoms with Crippen LogP contribution in [-0.2, 0) is 0 Å². The topological polar surface area (TPSA) is 21.3 Å². The molecule has 0 aliphatic heterocycles. The summed E-state index contributed by atoms with van der Waals surface area (Å²) in [6.07, 6.45) is 0. The van der Waals surface area contributed by atoms with Crippen LogP contribution in [0.5, 0.6) is 0 Å². The van der Waals surface area contributed by atoms with Gasteiger partial charge in [-0.15, -0.1) is 0 Å². The molecule has 2 aromatic heterocycles. The lowest BCUT2D eigenvalue weighted by Gasteiger charge is -2.27. The number of fused-ring (bicyclic) bond motifs is 7. The minimum atomic E-state index is 0.887. The monoisotopic (exact) mass is 778 g/mol. The Labute approximate surface area is 353 Å². The summed E-state index contributed by atoms with van der Waals surface area (Å²) in [7, 11) is 0. The zero-order valence-electron chi connectivity index (χ0n) is 33.2. The van der Waals surface area contributed by atoms with Gasteiger partial charge < -0.3 is 13.9 Å². The second-order valence-electron chi connectivity index (χ2n) is 15.7. The second-order valence-corrected chi connectivity index (χ2v) is 15.7. The van der Waals surface area contributed by atoms with Crippen molar-refractivity contribution < 1.29 is 4.42 Å². The molecule has 0 fully saturated rings. The quantitative estimate of drug-likeness (QED) is 0.161. The molecule has 0 aliphatic carbocycles. The highest BCUT2D eigenvalue weighted by atomic mass is 16.3. The third-order valence-electron chi connectivity index (χ3n) is 12.2. The molecule has 0 bridgehead atoms. The number of nitrogens with zero attached hydrogens (tertiary/aromatic N) is 2. The fourth-order valence-corrected chi connectivity index (χ4v) is 9.41. The van der Waals surface area contributed by atoms with Crippen LogP contribution < -0.4 is 4.90 Å². The molecule has 12 rings (SSSR count). The summed E-state index contributed by atoms with van der Waals surface area (Å²) in [5.41, 5.74) is 15.3. The fourth-order valence-electron chi connectivity index (χ4n) is 9.41. The number of aromatic nitrogens is 1. The van der Waals surface area contributed by atoms with Crippen molar-refractivity contribution in [1.29, 1.82) is 0 Å². The van der Waals surface area contributed by atoms with E-state index in [9.17, 15) is 0 Å². The first-order chi connectivity index (χ1) is 30.3. The minimum absolute atomic E-state index is 0.887. The highest BCUT2D eigenvalue weighted by molar-refractivity contribution is 6.11. The standard InChI is InChI=1S/C58H38N2O/c1-2-15-39(16-3-1)48-36-35-45(38-54(48)53-27-14-26-52-51-24-8-11-30-57(51)61-58(52)53)59(44-20-12-19-41(37-44)47-25-13-18-40-17-4-5-21-46(40)47)42-31-33-43(34-32-42)60-55-28-9-6-22-49(55)50-23-7-10-29-56(50)60/h1-38H. The van der Waals surface area contributed by atoms with Gasteiger partial charge in [-0.3, -0.25) is 0 Å². The number of benzene rings is 10. The molecule has 0 aliphatic rings. The first kappa shape index (κ1) is 34.9. The van der Waals surface area contributed by atoms with E-state index in [1.807, 2.05) is 6.07 Å². The average molecular weight is 779 g/mol. The van der Waals surface area contributed by atoms with Crippen LogP contribution in [0.1, 0.15) is 0 Å². The van der Waals surface area contributed by atoms with Gasteiger partial charge in [0.05, 0.1) is 11.0 Å². The first-order valence-corrected chi connectivity index (χ1v) is 20.8. The molecule has 0 atom stereocenters. The van der Waals surface area contributed by atoms with Crippen LogP contribution in [0.3, 0.4) is 0 Å². The summed E-state index contributed by atoms with van der Waals surface area (Å²) < 4.78 is 9.07. The summed E-state index contributed by atoms with van der Waals surface area (Å²) in [5.74, 6) is 0. The third kappa shape index (κ3) is 5.82. The smallest absolute Gasteiger partial charge is 0.143 e. The van der Waals surface area contributed by atoms with Gasteiger partial charge in [-0.1, -0.05) is 164 Å². The molecule has 0 spiro atoms. The van der Waals surface area contributed by atoms with Gasteiger partial charge in [0, 0.05) is 49.9 Å². The highest BCUT2D eigenvalue weighted by Crippen LogP contribution is 2.45. The molecule has 0 radical (unpaired) electrons. The molecular formula is C58H38N2O. The lowest BCUT2D eigenvalue weighted by molar-refractivity contribution is 0.670. The number of para-hydroxylation sites is 4. The van der Waals surface area contributed by atoms with Crippen LogP contribution in [0.4, 0.5) is 17.1 Å². The van der Waals surface area contributed by atoms with E-state index in [0.717, 1.165) is 72.5 Å². The van der Waals surface area contributed by atoms with Gasteiger partial charge in [0.25, 0.3) is 0 Å². The largest absolute Gasteiger partial charge is 0.455 e. The molecule has 0 amide bonds. The summed E-state index contributed by atoms with van der Waals surface area (Å²) >= 11 is 0. The van der Waals surface area contributed by atoms with Crippen molar-refractivity contribution in [3.63, 3.8) is 0 Å². The van der Waals surface area contributed by atoms with Crippen LogP contribution in [-0.4, -0.2) is 4.57 Å². The van der Waals surface area contributed by atoms with Crippen molar-refractivity contribution >= 4 is 71.6 Å². The molecule has 3 nitrogen and oxygen atoms in total. The molecule has 12 aromatic rings. The Bertz CT molecular complexity index is 3540. The van der Waals surface area contributed by atoms with Gasteiger partial charge in [0.1, 0.15) is 11.2 Å². The van der Waals surface area contributed by atoms with E-state index >= 15 is 0 Å². The van der Waals surface area contributed by atoms with Crippen LogP contribution in [0, 0.1) is 0 Å². The normalized spacial score (nSPS) is 11.6. The summed E-state index contributed by atoms with van der Waals surface area (Å²) in [6, 6.07) is 82.9. The Morgan fingerprint density at radius 1 is 0.328 bits per heavy atom. The maximum absolute atomic E-state index is 6.69. The Hall–Kier alpha value is -8.14.